The topological polar surface area (TPSA) is 55.9 Å². The van der Waals surface area contributed by atoms with Gasteiger partial charge in [0.1, 0.15) is 5.82 Å². The molecule has 4 nitrogen and oxygen atoms in total. The van der Waals surface area contributed by atoms with Crippen LogP contribution in [-0.4, -0.2) is 9.78 Å². The number of hydrazine groups is 1. The van der Waals surface area contributed by atoms with E-state index in [1.807, 2.05) is 18.5 Å². The van der Waals surface area contributed by atoms with Crippen LogP contribution in [0.1, 0.15) is 37.2 Å². The van der Waals surface area contributed by atoms with E-state index < -0.39 is 0 Å². The van der Waals surface area contributed by atoms with E-state index in [9.17, 15) is 4.39 Å². The van der Waals surface area contributed by atoms with E-state index in [2.05, 4.69) is 33.1 Å². The van der Waals surface area contributed by atoms with Crippen molar-refractivity contribution in [2.75, 3.05) is 0 Å². The number of benzene rings is 1. The highest BCUT2D eigenvalue weighted by Crippen LogP contribution is 2.32. The second-order valence-electron chi connectivity index (χ2n) is 4.68. The summed E-state index contributed by atoms with van der Waals surface area (Å²) < 4.78 is 15.8. The first-order chi connectivity index (χ1) is 9.45. The van der Waals surface area contributed by atoms with Gasteiger partial charge in [-0.25, -0.2) is 9.82 Å². The Morgan fingerprint density at radius 1 is 1.45 bits per heavy atom. The molecule has 1 atom stereocenters. The van der Waals surface area contributed by atoms with Gasteiger partial charge in [0.05, 0.1) is 23.0 Å². The molecule has 3 N–H and O–H groups in total. The van der Waals surface area contributed by atoms with E-state index in [1.165, 1.54) is 12.1 Å². The van der Waals surface area contributed by atoms with Crippen molar-refractivity contribution in [2.45, 2.75) is 25.9 Å². The molecule has 108 valence electrons. The van der Waals surface area contributed by atoms with Crippen molar-refractivity contribution in [3.05, 3.63) is 50.1 Å². The number of halogens is 3. The van der Waals surface area contributed by atoms with Gasteiger partial charge < -0.3 is 0 Å². The highest BCUT2D eigenvalue weighted by Gasteiger charge is 2.24. The summed E-state index contributed by atoms with van der Waals surface area (Å²) in [6.07, 6.45) is 1.59. The minimum atomic E-state index is -0.347. The van der Waals surface area contributed by atoms with E-state index in [-0.39, 0.29) is 17.9 Å². The Morgan fingerprint density at radius 3 is 2.70 bits per heavy atom. The molecule has 0 amide bonds. The Labute approximate surface area is 135 Å². The molecule has 0 saturated carbocycles. The number of nitrogens with one attached hydrogen (secondary N) is 1. The van der Waals surface area contributed by atoms with E-state index in [1.54, 1.807) is 12.3 Å². The van der Waals surface area contributed by atoms with Crippen LogP contribution in [-0.2, 0) is 0 Å². The van der Waals surface area contributed by atoms with Crippen molar-refractivity contribution in [3.8, 4) is 0 Å². The molecule has 1 heterocycles. The van der Waals surface area contributed by atoms with Crippen LogP contribution in [0.15, 0.2) is 24.4 Å². The van der Waals surface area contributed by atoms with Gasteiger partial charge >= 0.3 is 0 Å². The molecule has 0 aliphatic carbocycles. The number of hydrogen-bond acceptors (Lipinski definition) is 3. The first-order valence-corrected chi connectivity index (χ1v) is 7.55. The second-order valence-corrected chi connectivity index (χ2v) is 6.25. The average Bonchev–Trinajstić information content (AvgIpc) is 2.75. The first-order valence-electron chi connectivity index (χ1n) is 6.09. The van der Waals surface area contributed by atoms with Crippen molar-refractivity contribution >= 4 is 34.2 Å². The molecule has 1 aromatic carbocycles. The van der Waals surface area contributed by atoms with Crippen molar-refractivity contribution in [2.24, 2.45) is 5.84 Å². The summed E-state index contributed by atoms with van der Waals surface area (Å²) in [7, 11) is 0. The standard InChI is InChI=1S/C13H15ClFIN4/c1-7(2)20-13(10(14)6-18-20)12(19-17)9-4-3-8(15)5-11(9)16/h3-7,12,19H,17H2,1-2H3. The van der Waals surface area contributed by atoms with Crippen LogP contribution in [0.4, 0.5) is 4.39 Å². The Kier molecular flexibility index (Phi) is 5.00. The fourth-order valence-corrected chi connectivity index (χ4v) is 3.11. The summed E-state index contributed by atoms with van der Waals surface area (Å²) in [5.74, 6) is 5.41. The lowest BCUT2D eigenvalue weighted by molar-refractivity contribution is 0.475. The number of aromatic nitrogens is 2. The van der Waals surface area contributed by atoms with Crippen molar-refractivity contribution < 1.29 is 4.39 Å². The molecule has 1 unspecified atom stereocenters. The van der Waals surface area contributed by atoms with Gasteiger partial charge in [0.15, 0.2) is 0 Å². The van der Waals surface area contributed by atoms with Gasteiger partial charge in [0.2, 0.25) is 0 Å². The Bertz CT molecular complexity index is 614. The zero-order valence-corrected chi connectivity index (χ0v) is 14.0. The van der Waals surface area contributed by atoms with Gasteiger partial charge in [0.25, 0.3) is 0 Å². The van der Waals surface area contributed by atoms with Crippen molar-refractivity contribution in [1.29, 1.82) is 0 Å². The van der Waals surface area contributed by atoms with Crippen LogP contribution >= 0.6 is 34.2 Å². The maximum Gasteiger partial charge on any atom is 0.124 e. The van der Waals surface area contributed by atoms with E-state index in [4.69, 9.17) is 17.4 Å². The normalized spacial score (nSPS) is 12.9. The molecular weight excluding hydrogens is 394 g/mol. The van der Waals surface area contributed by atoms with Gasteiger partial charge in [-0.05, 0) is 54.1 Å². The third kappa shape index (κ3) is 2.98. The summed E-state index contributed by atoms with van der Waals surface area (Å²) in [6.45, 7) is 4.02. The summed E-state index contributed by atoms with van der Waals surface area (Å²) in [5, 5.41) is 4.80. The van der Waals surface area contributed by atoms with Crippen LogP contribution in [0.5, 0.6) is 0 Å². The molecule has 0 radical (unpaired) electrons. The summed E-state index contributed by atoms with van der Waals surface area (Å²) in [6, 6.07) is 4.37. The van der Waals surface area contributed by atoms with E-state index in [0.717, 1.165) is 14.8 Å². The number of nitrogens with two attached hydrogens (primary N) is 1. The van der Waals surface area contributed by atoms with Gasteiger partial charge in [-0.3, -0.25) is 10.5 Å². The quantitative estimate of drug-likeness (QED) is 0.463. The number of hydrogen-bond donors (Lipinski definition) is 2. The van der Waals surface area contributed by atoms with E-state index >= 15 is 0 Å². The van der Waals surface area contributed by atoms with Crippen LogP contribution in [0.3, 0.4) is 0 Å². The third-order valence-corrected chi connectivity index (χ3v) is 4.22. The highest BCUT2D eigenvalue weighted by atomic mass is 127. The molecule has 1 aromatic heterocycles. The fraction of sp³-hybridized carbons (Fsp3) is 0.308. The van der Waals surface area contributed by atoms with E-state index in [0.29, 0.717) is 5.02 Å². The van der Waals surface area contributed by atoms with Gasteiger partial charge in [-0.1, -0.05) is 17.7 Å². The maximum atomic E-state index is 13.2. The van der Waals surface area contributed by atoms with Crippen molar-refractivity contribution in [1.82, 2.24) is 15.2 Å². The third-order valence-electron chi connectivity index (χ3n) is 2.99. The van der Waals surface area contributed by atoms with Crippen LogP contribution in [0, 0.1) is 9.39 Å². The Hall–Kier alpha value is -0.700. The van der Waals surface area contributed by atoms with Crippen LogP contribution in [0.25, 0.3) is 0 Å². The van der Waals surface area contributed by atoms with Crippen LogP contribution in [0.2, 0.25) is 5.02 Å². The molecular formula is C13H15ClFIN4. The molecule has 0 bridgehead atoms. The summed E-state index contributed by atoms with van der Waals surface area (Å²) in [4.78, 5) is 0. The fourth-order valence-electron chi connectivity index (χ4n) is 2.08. The summed E-state index contributed by atoms with van der Waals surface area (Å²) >= 11 is 8.32. The van der Waals surface area contributed by atoms with Crippen molar-refractivity contribution in [3.63, 3.8) is 0 Å². The maximum absolute atomic E-state index is 13.2. The molecule has 0 aliphatic rings. The molecule has 0 fully saturated rings. The monoisotopic (exact) mass is 408 g/mol. The molecule has 2 aromatic rings. The molecule has 0 saturated heterocycles. The number of rotatable bonds is 4. The lowest BCUT2D eigenvalue weighted by Crippen LogP contribution is -2.32. The molecule has 0 aliphatic heterocycles. The average molecular weight is 409 g/mol. The second kappa shape index (κ2) is 6.38. The Morgan fingerprint density at radius 2 is 2.15 bits per heavy atom. The largest absolute Gasteiger partial charge is 0.271 e. The predicted molar refractivity (Wildman–Crippen MR) is 85.9 cm³/mol. The smallest absolute Gasteiger partial charge is 0.124 e. The van der Waals surface area contributed by atoms with Gasteiger partial charge in [0, 0.05) is 9.61 Å². The first kappa shape index (κ1) is 15.7. The molecule has 2 rings (SSSR count). The summed E-state index contributed by atoms with van der Waals surface area (Å²) in [5.41, 5.74) is 4.38. The minimum absolute atomic E-state index is 0.145. The van der Waals surface area contributed by atoms with Gasteiger partial charge in [-0.2, -0.15) is 5.10 Å². The number of nitrogens with zero attached hydrogens (tertiary/aromatic N) is 2. The lowest BCUT2D eigenvalue weighted by Gasteiger charge is -2.21. The molecule has 7 heteroatoms. The zero-order chi connectivity index (χ0) is 14.9. The predicted octanol–water partition coefficient (Wildman–Crippen LogP) is 3.41. The SMILES string of the molecule is CC(C)n1ncc(Cl)c1C(NN)c1ccc(F)cc1I. The van der Waals surface area contributed by atoms with Gasteiger partial charge in [-0.15, -0.1) is 0 Å². The van der Waals surface area contributed by atoms with Crippen LogP contribution < -0.4 is 11.3 Å². The zero-order valence-electron chi connectivity index (χ0n) is 11.1. The lowest BCUT2D eigenvalue weighted by atomic mass is 10.0. The molecule has 20 heavy (non-hydrogen) atoms. The Balaban J connectivity index is 2.55. The molecule has 0 spiro atoms. The minimum Gasteiger partial charge on any atom is -0.271 e. The highest BCUT2D eigenvalue weighted by molar-refractivity contribution is 14.1.